The second kappa shape index (κ2) is 6.72. The molecule has 0 amide bonds. The highest BCUT2D eigenvalue weighted by Gasteiger charge is 2.20. The number of hydrogen-bond acceptors (Lipinski definition) is 3. The average molecular weight is 305 g/mol. The van der Waals surface area contributed by atoms with Crippen molar-refractivity contribution < 1.29 is 4.74 Å². The van der Waals surface area contributed by atoms with Gasteiger partial charge >= 0.3 is 0 Å². The van der Waals surface area contributed by atoms with Crippen LogP contribution in [0.5, 0.6) is 5.75 Å². The number of benzene rings is 2. The van der Waals surface area contributed by atoms with Crippen LogP contribution in [0, 0.1) is 0 Å². The van der Waals surface area contributed by atoms with Gasteiger partial charge in [-0.15, -0.1) is 12.4 Å². The van der Waals surface area contributed by atoms with E-state index in [2.05, 4.69) is 23.1 Å². The van der Waals surface area contributed by atoms with E-state index in [1.54, 1.807) is 7.11 Å². The van der Waals surface area contributed by atoms with E-state index in [0.717, 1.165) is 30.9 Å². The lowest BCUT2D eigenvalue weighted by Crippen LogP contribution is -2.29. The van der Waals surface area contributed by atoms with E-state index >= 15 is 0 Å². The minimum atomic E-state index is 0. The van der Waals surface area contributed by atoms with Crippen molar-refractivity contribution in [2.24, 2.45) is 0 Å². The van der Waals surface area contributed by atoms with E-state index in [1.807, 2.05) is 24.3 Å². The molecule has 0 bridgehead atoms. The molecular weight excluding hydrogens is 284 g/mol. The summed E-state index contributed by atoms with van der Waals surface area (Å²) in [7, 11) is 1.74. The van der Waals surface area contributed by atoms with E-state index in [1.165, 1.54) is 23.2 Å². The maximum atomic E-state index is 5.87. The van der Waals surface area contributed by atoms with Crippen LogP contribution in [-0.4, -0.2) is 13.7 Å². The molecule has 21 heavy (non-hydrogen) atoms. The van der Waals surface area contributed by atoms with Gasteiger partial charge in [0.15, 0.2) is 0 Å². The summed E-state index contributed by atoms with van der Waals surface area (Å²) in [5, 5.41) is 0. The number of rotatable bonds is 3. The fourth-order valence-corrected chi connectivity index (χ4v) is 2.94. The number of aryl methyl sites for hydroxylation is 1. The van der Waals surface area contributed by atoms with Crippen molar-refractivity contribution in [3.8, 4) is 5.75 Å². The molecule has 0 fully saturated rings. The Morgan fingerprint density at radius 1 is 1.19 bits per heavy atom. The van der Waals surface area contributed by atoms with Crippen LogP contribution in [0.3, 0.4) is 0 Å². The van der Waals surface area contributed by atoms with Crippen molar-refractivity contribution in [1.82, 2.24) is 0 Å². The van der Waals surface area contributed by atoms with Crippen molar-refractivity contribution in [1.29, 1.82) is 0 Å². The van der Waals surface area contributed by atoms with Gasteiger partial charge in [-0.05, 0) is 42.2 Å². The molecule has 0 aliphatic carbocycles. The third-order valence-corrected chi connectivity index (χ3v) is 3.82. The highest BCUT2D eigenvalue weighted by molar-refractivity contribution is 5.85. The first-order valence-electron chi connectivity index (χ1n) is 7.03. The summed E-state index contributed by atoms with van der Waals surface area (Å²) in [6.07, 6.45) is 2.31. The lowest BCUT2D eigenvalue weighted by atomic mass is 10.00. The molecule has 0 saturated carbocycles. The zero-order chi connectivity index (χ0) is 13.9. The standard InChI is InChI=1S/C17H20N2O.ClH/c1-20-16-9-3-6-14-7-4-10-19(17(14)16)12-13-5-2-8-15(18)11-13;/h2-3,5-6,8-9,11H,4,7,10,12,18H2,1H3;1H. The number of nitrogen functional groups attached to an aromatic ring is 1. The summed E-state index contributed by atoms with van der Waals surface area (Å²) >= 11 is 0. The molecule has 112 valence electrons. The monoisotopic (exact) mass is 304 g/mol. The number of methoxy groups -OCH3 is 1. The molecule has 2 aromatic rings. The Hall–Kier alpha value is -1.87. The Morgan fingerprint density at radius 2 is 2.00 bits per heavy atom. The van der Waals surface area contributed by atoms with Gasteiger partial charge in [0.2, 0.25) is 0 Å². The molecule has 3 nitrogen and oxygen atoms in total. The molecular formula is C17H21ClN2O. The number of nitrogens with two attached hydrogens (primary N) is 1. The molecule has 2 N–H and O–H groups in total. The van der Waals surface area contributed by atoms with Crippen molar-refractivity contribution in [2.75, 3.05) is 24.3 Å². The van der Waals surface area contributed by atoms with Crippen molar-refractivity contribution in [2.45, 2.75) is 19.4 Å². The molecule has 0 saturated heterocycles. The van der Waals surface area contributed by atoms with Crippen LogP contribution in [0.25, 0.3) is 0 Å². The van der Waals surface area contributed by atoms with Gasteiger partial charge in [-0.1, -0.05) is 24.3 Å². The molecule has 3 rings (SSSR count). The van der Waals surface area contributed by atoms with Crippen LogP contribution in [0.15, 0.2) is 42.5 Å². The lowest BCUT2D eigenvalue weighted by Gasteiger charge is -2.32. The molecule has 0 unspecified atom stereocenters. The molecule has 1 aliphatic heterocycles. The number of hydrogen-bond donors (Lipinski definition) is 1. The smallest absolute Gasteiger partial charge is 0.142 e. The highest BCUT2D eigenvalue weighted by atomic mass is 35.5. The van der Waals surface area contributed by atoms with Crippen molar-refractivity contribution in [3.63, 3.8) is 0 Å². The van der Waals surface area contributed by atoms with Gasteiger partial charge in [0, 0.05) is 18.8 Å². The number of anilines is 2. The molecule has 2 aromatic carbocycles. The fourth-order valence-electron chi connectivity index (χ4n) is 2.94. The van der Waals surface area contributed by atoms with Crippen LogP contribution in [0.4, 0.5) is 11.4 Å². The minimum Gasteiger partial charge on any atom is -0.495 e. The van der Waals surface area contributed by atoms with Gasteiger partial charge in [0.1, 0.15) is 5.75 Å². The van der Waals surface area contributed by atoms with Crippen molar-refractivity contribution in [3.05, 3.63) is 53.6 Å². The Kier molecular flexibility index (Phi) is 4.97. The van der Waals surface area contributed by atoms with Crippen LogP contribution >= 0.6 is 12.4 Å². The molecule has 0 spiro atoms. The molecule has 0 aromatic heterocycles. The summed E-state index contributed by atoms with van der Waals surface area (Å²) in [5.74, 6) is 0.964. The summed E-state index contributed by atoms with van der Waals surface area (Å²) in [6.45, 7) is 1.93. The first kappa shape index (κ1) is 15.5. The molecule has 0 radical (unpaired) electrons. The Balaban J connectivity index is 0.00000161. The molecule has 4 heteroatoms. The zero-order valence-electron chi connectivity index (χ0n) is 12.2. The largest absolute Gasteiger partial charge is 0.495 e. The molecule has 1 aliphatic rings. The van der Waals surface area contributed by atoms with Gasteiger partial charge in [0.05, 0.1) is 12.8 Å². The number of nitrogens with zero attached hydrogens (tertiary/aromatic N) is 1. The first-order chi connectivity index (χ1) is 9.78. The van der Waals surface area contributed by atoms with E-state index in [0.29, 0.717) is 0 Å². The quantitative estimate of drug-likeness (QED) is 0.880. The SMILES string of the molecule is COc1cccc2c1N(Cc1cccc(N)c1)CCC2.Cl. The van der Waals surface area contributed by atoms with Gasteiger partial charge < -0.3 is 15.4 Å². The zero-order valence-corrected chi connectivity index (χ0v) is 13.0. The van der Waals surface area contributed by atoms with E-state index in [-0.39, 0.29) is 12.4 Å². The topological polar surface area (TPSA) is 38.5 Å². The minimum absolute atomic E-state index is 0. The number of para-hydroxylation sites is 1. The number of ether oxygens (including phenoxy) is 1. The predicted molar refractivity (Wildman–Crippen MR) is 90.5 cm³/mol. The van der Waals surface area contributed by atoms with E-state index in [9.17, 15) is 0 Å². The van der Waals surface area contributed by atoms with E-state index in [4.69, 9.17) is 10.5 Å². The van der Waals surface area contributed by atoms with Gasteiger partial charge in [-0.3, -0.25) is 0 Å². The predicted octanol–water partition coefficient (Wildman–Crippen LogP) is 3.65. The highest BCUT2D eigenvalue weighted by Crippen LogP contribution is 2.36. The third-order valence-electron chi connectivity index (χ3n) is 3.82. The van der Waals surface area contributed by atoms with Gasteiger partial charge in [0.25, 0.3) is 0 Å². The van der Waals surface area contributed by atoms with Crippen molar-refractivity contribution >= 4 is 23.8 Å². The Morgan fingerprint density at radius 3 is 2.76 bits per heavy atom. The second-order valence-corrected chi connectivity index (χ2v) is 5.24. The van der Waals surface area contributed by atoms with Crippen LogP contribution in [0.1, 0.15) is 17.5 Å². The summed E-state index contributed by atoms with van der Waals surface area (Å²) < 4.78 is 5.54. The average Bonchev–Trinajstić information content (AvgIpc) is 2.47. The number of fused-ring (bicyclic) bond motifs is 1. The van der Waals surface area contributed by atoms with Gasteiger partial charge in [-0.25, -0.2) is 0 Å². The second-order valence-electron chi connectivity index (χ2n) is 5.24. The fraction of sp³-hybridized carbons (Fsp3) is 0.294. The summed E-state index contributed by atoms with van der Waals surface area (Å²) in [6, 6.07) is 14.4. The first-order valence-corrected chi connectivity index (χ1v) is 7.03. The maximum Gasteiger partial charge on any atom is 0.142 e. The number of halogens is 1. The van der Waals surface area contributed by atoms with E-state index < -0.39 is 0 Å². The Bertz CT molecular complexity index is 601. The summed E-state index contributed by atoms with van der Waals surface area (Å²) in [5.41, 5.74) is 10.5. The normalized spacial score (nSPS) is 13.3. The maximum absolute atomic E-state index is 5.87. The summed E-state index contributed by atoms with van der Waals surface area (Å²) in [4.78, 5) is 2.40. The van der Waals surface area contributed by atoms with Crippen LogP contribution < -0.4 is 15.4 Å². The molecule has 0 atom stereocenters. The Labute approximate surface area is 132 Å². The lowest BCUT2D eigenvalue weighted by molar-refractivity contribution is 0.412. The van der Waals surface area contributed by atoms with Gasteiger partial charge in [-0.2, -0.15) is 0 Å². The molecule has 1 heterocycles. The van der Waals surface area contributed by atoms with Crippen LogP contribution in [-0.2, 0) is 13.0 Å². The van der Waals surface area contributed by atoms with Crippen LogP contribution in [0.2, 0.25) is 0 Å². The third kappa shape index (κ3) is 3.24.